The number of hydrogen-bond donors (Lipinski definition) is 0. The van der Waals surface area contributed by atoms with Gasteiger partial charge in [-0.15, -0.1) is 0 Å². The topological polar surface area (TPSA) is 60.2 Å². The van der Waals surface area contributed by atoms with E-state index < -0.39 is 16.4 Å². The summed E-state index contributed by atoms with van der Waals surface area (Å²) in [5.74, 6) is -0.459. The van der Waals surface area contributed by atoms with Gasteiger partial charge in [-0.25, -0.2) is 0 Å². The predicted octanol–water partition coefficient (Wildman–Crippen LogP) is 3.03. The van der Waals surface area contributed by atoms with Crippen LogP contribution in [0.4, 0.5) is 10.1 Å². The molecule has 0 aliphatic carbocycles. The molecule has 0 spiro atoms. The molecule has 0 aliphatic rings. The van der Waals surface area contributed by atoms with Crippen LogP contribution >= 0.6 is 11.8 Å². The number of carbonyl (C=O) groups is 1. The molecule has 1 rings (SSSR count). The van der Waals surface area contributed by atoms with E-state index in [2.05, 4.69) is 0 Å². The molecule has 0 heterocycles. The normalized spacial score (nSPS) is 10.7. The zero-order chi connectivity index (χ0) is 12.8. The third kappa shape index (κ3) is 3.99. The van der Waals surface area contributed by atoms with Gasteiger partial charge in [0.05, 0.1) is 10.5 Å². The Morgan fingerprint density at radius 1 is 1.59 bits per heavy atom. The third-order valence-electron chi connectivity index (χ3n) is 1.88. The van der Waals surface area contributed by atoms with E-state index in [1.165, 1.54) is 25.1 Å². The first-order chi connectivity index (χ1) is 8.02. The minimum Gasteiger partial charge on any atom is -0.288 e. The number of thioether (sulfide) groups is 1. The summed E-state index contributed by atoms with van der Waals surface area (Å²) in [7, 11) is 0. The average molecular weight is 255 g/mol. The summed E-state index contributed by atoms with van der Waals surface area (Å²) in [5, 5.41) is 10.6. The van der Waals surface area contributed by atoms with Gasteiger partial charge in [-0.3, -0.25) is 14.9 Å². The Morgan fingerprint density at radius 3 is 2.88 bits per heavy atom. The molecule has 0 amide bonds. The van der Waals surface area contributed by atoms with Gasteiger partial charge in [-0.1, -0.05) is 30.0 Å². The second kappa shape index (κ2) is 6.15. The fourth-order valence-corrected chi connectivity index (χ4v) is 1.63. The van der Waals surface area contributed by atoms with Crippen LogP contribution < -0.4 is 0 Å². The van der Waals surface area contributed by atoms with Gasteiger partial charge in [0.15, 0.2) is 5.12 Å². The smallest absolute Gasteiger partial charge is 0.288 e. The Bertz CT molecular complexity index is 474. The molecular weight excluding hydrogens is 245 g/mol. The van der Waals surface area contributed by atoms with Gasteiger partial charge >= 0.3 is 5.69 Å². The molecular formula is C11H10FNO3S. The molecule has 0 saturated heterocycles. The fourth-order valence-electron chi connectivity index (χ4n) is 1.20. The van der Waals surface area contributed by atoms with Crippen LogP contribution in [0.5, 0.6) is 0 Å². The lowest BCUT2D eigenvalue weighted by molar-refractivity contribution is -0.387. The third-order valence-corrected chi connectivity index (χ3v) is 2.65. The first kappa shape index (κ1) is 13.4. The number of benzene rings is 1. The Kier molecular flexibility index (Phi) is 4.84. The van der Waals surface area contributed by atoms with E-state index in [-0.39, 0.29) is 10.7 Å². The van der Waals surface area contributed by atoms with Crippen molar-refractivity contribution in [1.82, 2.24) is 0 Å². The van der Waals surface area contributed by atoms with Crippen molar-refractivity contribution >= 4 is 28.6 Å². The molecule has 1 aromatic carbocycles. The molecule has 0 radical (unpaired) electrons. The van der Waals surface area contributed by atoms with Crippen LogP contribution in [-0.4, -0.2) is 15.8 Å². The van der Waals surface area contributed by atoms with E-state index in [1.807, 2.05) is 0 Å². The first-order valence-corrected chi connectivity index (χ1v) is 5.73. The van der Waals surface area contributed by atoms with Gasteiger partial charge in [0.2, 0.25) is 5.82 Å². The van der Waals surface area contributed by atoms with Crippen molar-refractivity contribution in [2.24, 2.45) is 0 Å². The van der Waals surface area contributed by atoms with Crippen molar-refractivity contribution in [3.05, 3.63) is 45.8 Å². The first-order valence-electron chi connectivity index (χ1n) is 4.75. The van der Waals surface area contributed by atoms with Crippen LogP contribution in [0.3, 0.4) is 0 Å². The summed E-state index contributed by atoms with van der Waals surface area (Å²) in [6.45, 7) is 1.43. The van der Waals surface area contributed by atoms with Crippen LogP contribution in [0.2, 0.25) is 0 Å². The maximum atomic E-state index is 13.2. The Labute approximate surface area is 102 Å². The molecule has 4 nitrogen and oxygen atoms in total. The molecule has 0 aromatic heterocycles. The Morgan fingerprint density at radius 2 is 2.29 bits per heavy atom. The van der Waals surface area contributed by atoms with E-state index in [0.29, 0.717) is 5.75 Å². The predicted molar refractivity (Wildman–Crippen MR) is 65.2 cm³/mol. The Hall–Kier alpha value is -1.69. The highest BCUT2D eigenvalue weighted by molar-refractivity contribution is 8.13. The lowest BCUT2D eigenvalue weighted by atomic mass is 10.1. The van der Waals surface area contributed by atoms with Crippen LogP contribution in [0, 0.1) is 15.9 Å². The zero-order valence-corrected chi connectivity index (χ0v) is 9.87. The average Bonchev–Trinajstić information content (AvgIpc) is 2.23. The summed E-state index contributed by atoms with van der Waals surface area (Å²) in [6.07, 6.45) is 3.03. The molecule has 0 atom stereocenters. The molecule has 17 heavy (non-hydrogen) atoms. The molecule has 0 aliphatic heterocycles. The van der Waals surface area contributed by atoms with E-state index in [9.17, 15) is 19.3 Å². The maximum Gasteiger partial charge on any atom is 0.311 e. The van der Waals surface area contributed by atoms with Crippen molar-refractivity contribution in [3.8, 4) is 0 Å². The highest BCUT2D eigenvalue weighted by Crippen LogP contribution is 2.23. The number of nitrogens with zero attached hydrogens (tertiary/aromatic N) is 1. The van der Waals surface area contributed by atoms with E-state index in [1.54, 1.807) is 6.08 Å². The fraction of sp³-hybridized carbons (Fsp3) is 0.182. The molecule has 0 unspecified atom stereocenters. The van der Waals surface area contributed by atoms with Crippen LogP contribution in [-0.2, 0) is 4.79 Å². The largest absolute Gasteiger partial charge is 0.311 e. The number of rotatable bonds is 4. The minimum atomic E-state index is -0.864. The van der Waals surface area contributed by atoms with Gasteiger partial charge in [0.1, 0.15) is 0 Å². The molecule has 6 heteroatoms. The quantitative estimate of drug-likeness (QED) is 0.613. The number of carbonyl (C=O) groups excluding carboxylic acids is 1. The molecule has 0 saturated carbocycles. The van der Waals surface area contributed by atoms with E-state index >= 15 is 0 Å². The number of hydrogen-bond acceptors (Lipinski definition) is 4. The summed E-state index contributed by atoms with van der Waals surface area (Å²) in [5.41, 5.74) is -0.351. The van der Waals surface area contributed by atoms with E-state index in [0.717, 1.165) is 17.8 Å². The number of halogens is 1. The van der Waals surface area contributed by atoms with Gasteiger partial charge < -0.3 is 0 Å². The molecule has 90 valence electrons. The monoisotopic (exact) mass is 255 g/mol. The van der Waals surface area contributed by atoms with Gasteiger partial charge in [0, 0.05) is 12.7 Å². The number of para-hydroxylation sites is 1. The van der Waals surface area contributed by atoms with Crippen LogP contribution in [0.25, 0.3) is 6.08 Å². The van der Waals surface area contributed by atoms with Crippen LogP contribution in [0.1, 0.15) is 12.5 Å². The molecule has 0 fully saturated rings. The van der Waals surface area contributed by atoms with Gasteiger partial charge in [-0.2, -0.15) is 4.39 Å². The highest BCUT2D eigenvalue weighted by Gasteiger charge is 2.17. The standard InChI is InChI=1S/C11H10FNO3S/c1-8(14)17-7-3-5-9-4-2-6-10(12)11(9)13(15)16/h2-6H,7H2,1H3. The van der Waals surface area contributed by atoms with Crippen molar-refractivity contribution < 1.29 is 14.1 Å². The highest BCUT2D eigenvalue weighted by atomic mass is 32.2. The lowest BCUT2D eigenvalue weighted by Crippen LogP contribution is -1.95. The van der Waals surface area contributed by atoms with Crippen molar-refractivity contribution in [2.75, 3.05) is 5.75 Å². The summed E-state index contributed by atoms with van der Waals surface area (Å²) in [6, 6.07) is 3.90. The summed E-state index contributed by atoms with van der Waals surface area (Å²) in [4.78, 5) is 20.5. The number of nitro benzene ring substituents is 1. The van der Waals surface area contributed by atoms with Gasteiger partial charge in [-0.05, 0) is 12.1 Å². The van der Waals surface area contributed by atoms with Crippen molar-refractivity contribution in [1.29, 1.82) is 0 Å². The molecule has 1 aromatic rings. The molecule has 0 bridgehead atoms. The molecule has 0 N–H and O–H groups in total. The SMILES string of the molecule is CC(=O)SCC=Cc1cccc(F)c1[N+](=O)[O-]. The Balaban J connectivity index is 2.87. The number of nitro groups is 1. The summed E-state index contributed by atoms with van der Waals surface area (Å²) < 4.78 is 13.2. The van der Waals surface area contributed by atoms with Crippen LogP contribution in [0.15, 0.2) is 24.3 Å². The van der Waals surface area contributed by atoms with Crippen molar-refractivity contribution in [3.63, 3.8) is 0 Å². The zero-order valence-electron chi connectivity index (χ0n) is 9.05. The lowest BCUT2D eigenvalue weighted by Gasteiger charge is -1.98. The second-order valence-corrected chi connectivity index (χ2v) is 4.34. The summed E-state index contributed by atoms with van der Waals surface area (Å²) >= 11 is 1.08. The van der Waals surface area contributed by atoms with Crippen molar-refractivity contribution in [2.45, 2.75) is 6.92 Å². The maximum absolute atomic E-state index is 13.2. The minimum absolute atomic E-state index is 0.0385. The van der Waals surface area contributed by atoms with Gasteiger partial charge in [0.25, 0.3) is 0 Å². The second-order valence-electron chi connectivity index (χ2n) is 3.14. The van der Waals surface area contributed by atoms with E-state index in [4.69, 9.17) is 0 Å².